The SMILES string of the molecule is CC(CCc1ccsc1)(C(N)=O)C(=O)O. The van der Waals surface area contributed by atoms with Crippen LogP contribution in [0.3, 0.4) is 0 Å². The number of hydrogen-bond donors (Lipinski definition) is 2. The molecule has 1 rings (SSSR count). The van der Waals surface area contributed by atoms with E-state index in [1.54, 1.807) is 11.3 Å². The molecular formula is C10H13NO3S. The second-order valence-electron chi connectivity index (χ2n) is 3.63. The number of aliphatic carboxylic acids is 1. The molecule has 0 aliphatic heterocycles. The number of nitrogens with two attached hydrogens (primary N) is 1. The smallest absolute Gasteiger partial charge is 0.318 e. The monoisotopic (exact) mass is 227 g/mol. The molecule has 0 fully saturated rings. The van der Waals surface area contributed by atoms with Crippen molar-refractivity contribution < 1.29 is 14.7 Å². The second-order valence-corrected chi connectivity index (χ2v) is 4.41. The van der Waals surface area contributed by atoms with Crippen LogP contribution < -0.4 is 5.73 Å². The molecule has 15 heavy (non-hydrogen) atoms. The van der Waals surface area contributed by atoms with Gasteiger partial charge in [0, 0.05) is 0 Å². The van der Waals surface area contributed by atoms with E-state index in [1.165, 1.54) is 6.92 Å². The molecule has 0 radical (unpaired) electrons. The number of carbonyl (C=O) groups excluding carboxylic acids is 1. The quantitative estimate of drug-likeness (QED) is 0.743. The minimum absolute atomic E-state index is 0.231. The summed E-state index contributed by atoms with van der Waals surface area (Å²) >= 11 is 1.54. The molecule has 5 heteroatoms. The van der Waals surface area contributed by atoms with E-state index in [1.807, 2.05) is 16.8 Å². The van der Waals surface area contributed by atoms with Gasteiger partial charge in [-0.3, -0.25) is 9.59 Å². The van der Waals surface area contributed by atoms with Crippen LogP contribution in [0.1, 0.15) is 18.9 Å². The van der Waals surface area contributed by atoms with Crippen LogP contribution in [0.15, 0.2) is 16.8 Å². The molecule has 0 bridgehead atoms. The molecule has 1 aromatic heterocycles. The average molecular weight is 227 g/mol. The normalized spacial score (nSPS) is 14.5. The van der Waals surface area contributed by atoms with Crippen molar-refractivity contribution in [2.75, 3.05) is 0 Å². The lowest BCUT2D eigenvalue weighted by molar-refractivity contribution is -0.153. The second kappa shape index (κ2) is 4.44. The number of amides is 1. The lowest BCUT2D eigenvalue weighted by Crippen LogP contribution is -2.41. The first-order valence-corrected chi connectivity index (χ1v) is 5.45. The number of rotatable bonds is 5. The molecule has 0 aliphatic carbocycles. The predicted octanol–water partition coefficient (Wildman–Crippen LogP) is 1.26. The van der Waals surface area contributed by atoms with E-state index in [4.69, 9.17) is 10.8 Å². The van der Waals surface area contributed by atoms with Gasteiger partial charge in [-0.15, -0.1) is 0 Å². The van der Waals surface area contributed by atoms with Gasteiger partial charge < -0.3 is 10.8 Å². The van der Waals surface area contributed by atoms with E-state index in [0.29, 0.717) is 6.42 Å². The average Bonchev–Trinajstić information content (AvgIpc) is 2.65. The predicted molar refractivity (Wildman–Crippen MR) is 57.6 cm³/mol. The Morgan fingerprint density at radius 3 is 2.67 bits per heavy atom. The molecule has 4 nitrogen and oxygen atoms in total. The molecule has 1 atom stereocenters. The molecule has 1 aromatic rings. The highest BCUT2D eigenvalue weighted by Gasteiger charge is 2.38. The summed E-state index contributed by atoms with van der Waals surface area (Å²) in [6, 6.07) is 1.91. The van der Waals surface area contributed by atoms with E-state index >= 15 is 0 Å². The third-order valence-electron chi connectivity index (χ3n) is 2.51. The fraction of sp³-hybridized carbons (Fsp3) is 0.400. The third-order valence-corrected chi connectivity index (χ3v) is 3.24. The van der Waals surface area contributed by atoms with Crippen molar-refractivity contribution in [2.24, 2.45) is 11.1 Å². The largest absolute Gasteiger partial charge is 0.480 e. The number of primary amides is 1. The standard InChI is InChI=1S/C10H13NO3S/c1-10(8(11)12,9(13)14)4-2-7-3-5-15-6-7/h3,5-6H,2,4H2,1H3,(H2,11,12)(H,13,14). The highest BCUT2D eigenvalue weighted by molar-refractivity contribution is 7.07. The number of carbonyl (C=O) groups is 2. The van der Waals surface area contributed by atoms with Crippen molar-refractivity contribution in [1.82, 2.24) is 0 Å². The van der Waals surface area contributed by atoms with Crippen molar-refractivity contribution >= 4 is 23.2 Å². The number of thiophene rings is 1. The highest BCUT2D eigenvalue weighted by Crippen LogP contribution is 2.24. The van der Waals surface area contributed by atoms with E-state index in [-0.39, 0.29) is 6.42 Å². The maximum Gasteiger partial charge on any atom is 0.318 e. The zero-order chi connectivity index (χ0) is 11.5. The molecule has 0 aromatic carbocycles. The Morgan fingerprint density at radius 2 is 2.27 bits per heavy atom. The minimum Gasteiger partial charge on any atom is -0.480 e. The zero-order valence-electron chi connectivity index (χ0n) is 8.40. The Morgan fingerprint density at radius 1 is 1.60 bits per heavy atom. The molecule has 0 spiro atoms. The molecule has 0 aliphatic rings. The summed E-state index contributed by atoms with van der Waals surface area (Å²) in [5.41, 5.74) is 4.66. The van der Waals surface area contributed by atoms with Gasteiger partial charge >= 0.3 is 5.97 Å². The summed E-state index contributed by atoms with van der Waals surface area (Å²) < 4.78 is 0. The van der Waals surface area contributed by atoms with Crippen LogP contribution in [0.25, 0.3) is 0 Å². The summed E-state index contributed by atoms with van der Waals surface area (Å²) in [6.45, 7) is 1.37. The van der Waals surface area contributed by atoms with Gasteiger partial charge in [0.05, 0.1) is 0 Å². The van der Waals surface area contributed by atoms with E-state index in [0.717, 1.165) is 5.56 Å². The van der Waals surface area contributed by atoms with Gasteiger partial charge in [0.1, 0.15) is 5.41 Å². The highest BCUT2D eigenvalue weighted by atomic mass is 32.1. The number of carboxylic acid groups (broad SMARTS) is 1. The topological polar surface area (TPSA) is 80.4 Å². The lowest BCUT2D eigenvalue weighted by atomic mass is 9.84. The molecule has 1 amide bonds. The maximum atomic E-state index is 11.1. The summed E-state index contributed by atoms with van der Waals surface area (Å²) in [6.07, 6.45) is 0.781. The van der Waals surface area contributed by atoms with Gasteiger partial charge in [-0.05, 0) is 42.2 Å². The van der Waals surface area contributed by atoms with Crippen LogP contribution in [0, 0.1) is 5.41 Å². The van der Waals surface area contributed by atoms with Crippen LogP contribution >= 0.6 is 11.3 Å². The van der Waals surface area contributed by atoms with Crippen molar-refractivity contribution in [3.8, 4) is 0 Å². The van der Waals surface area contributed by atoms with Gasteiger partial charge in [-0.1, -0.05) is 0 Å². The third kappa shape index (κ3) is 2.56. The summed E-state index contributed by atoms with van der Waals surface area (Å²) in [5, 5.41) is 12.8. The van der Waals surface area contributed by atoms with Crippen LogP contribution in [-0.2, 0) is 16.0 Å². The fourth-order valence-corrected chi connectivity index (χ4v) is 1.87. The van der Waals surface area contributed by atoms with Gasteiger partial charge in [-0.2, -0.15) is 11.3 Å². The van der Waals surface area contributed by atoms with Crippen LogP contribution in [0.4, 0.5) is 0 Å². The molecule has 82 valence electrons. The van der Waals surface area contributed by atoms with Crippen LogP contribution in [0.5, 0.6) is 0 Å². The Bertz CT molecular complexity index is 345. The fourth-order valence-electron chi connectivity index (χ4n) is 1.16. The molecule has 1 heterocycles. The Labute approximate surface area is 91.7 Å². The van der Waals surface area contributed by atoms with Crippen molar-refractivity contribution in [3.05, 3.63) is 22.4 Å². The van der Waals surface area contributed by atoms with Crippen LogP contribution in [0.2, 0.25) is 0 Å². The zero-order valence-corrected chi connectivity index (χ0v) is 9.21. The first-order chi connectivity index (χ1) is 6.97. The summed E-state index contributed by atoms with van der Waals surface area (Å²) in [5.74, 6) is -1.95. The first kappa shape index (κ1) is 11.7. The first-order valence-electron chi connectivity index (χ1n) is 4.51. The lowest BCUT2D eigenvalue weighted by Gasteiger charge is -2.20. The van der Waals surface area contributed by atoms with Crippen molar-refractivity contribution in [1.29, 1.82) is 0 Å². The van der Waals surface area contributed by atoms with Gasteiger partial charge in [0.15, 0.2) is 0 Å². The number of hydrogen-bond acceptors (Lipinski definition) is 3. The molecule has 3 N–H and O–H groups in total. The minimum atomic E-state index is -1.47. The summed E-state index contributed by atoms with van der Waals surface area (Å²) in [7, 11) is 0. The molecule has 0 saturated heterocycles. The Balaban J connectivity index is 2.69. The number of aryl methyl sites for hydroxylation is 1. The maximum absolute atomic E-state index is 11.1. The molecule has 0 saturated carbocycles. The van der Waals surface area contributed by atoms with Crippen molar-refractivity contribution in [3.63, 3.8) is 0 Å². The van der Waals surface area contributed by atoms with E-state index < -0.39 is 17.3 Å². The van der Waals surface area contributed by atoms with E-state index in [9.17, 15) is 9.59 Å². The van der Waals surface area contributed by atoms with Gasteiger partial charge in [-0.25, -0.2) is 0 Å². The Kier molecular flexibility index (Phi) is 3.47. The summed E-state index contributed by atoms with van der Waals surface area (Å²) in [4.78, 5) is 22.0. The van der Waals surface area contributed by atoms with Crippen molar-refractivity contribution in [2.45, 2.75) is 19.8 Å². The number of carboxylic acids is 1. The Hall–Kier alpha value is -1.36. The molecular weight excluding hydrogens is 214 g/mol. The molecule has 1 unspecified atom stereocenters. The van der Waals surface area contributed by atoms with Crippen LogP contribution in [-0.4, -0.2) is 17.0 Å². The van der Waals surface area contributed by atoms with E-state index in [2.05, 4.69) is 0 Å². The van der Waals surface area contributed by atoms with Gasteiger partial charge in [0.2, 0.25) is 5.91 Å². The van der Waals surface area contributed by atoms with Gasteiger partial charge in [0.25, 0.3) is 0 Å².